The summed E-state index contributed by atoms with van der Waals surface area (Å²) < 4.78 is 5.95. The van der Waals surface area contributed by atoms with Gasteiger partial charge in [0.25, 0.3) is 0 Å². The van der Waals surface area contributed by atoms with Crippen molar-refractivity contribution in [2.45, 2.75) is 6.61 Å². The van der Waals surface area contributed by atoms with E-state index >= 15 is 0 Å². The molecule has 0 radical (unpaired) electrons. The molecule has 4 heteroatoms. The van der Waals surface area contributed by atoms with Crippen molar-refractivity contribution >= 4 is 34.0 Å². The maximum atomic E-state index is 9.40. The maximum Gasteiger partial charge on any atom is 0.135 e. The van der Waals surface area contributed by atoms with E-state index in [1.165, 1.54) is 0 Å². The summed E-state index contributed by atoms with van der Waals surface area (Å²) in [6, 6.07) is 16.5. The van der Waals surface area contributed by atoms with E-state index < -0.39 is 0 Å². The Morgan fingerprint density at radius 3 is 2.38 bits per heavy atom. The first-order valence-corrected chi connectivity index (χ1v) is 7.19. The van der Waals surface area contributed by atoms with Crippen LogP contribution in [0, 0.1) is 0 Å². The van der Waals surface area contributed by atoms with Crippen LogP contribution in [-0.2, 0) is 6.61 Å². The summed E-state index contributed by atoms with van der Waals surface area (Å²) in [5.74, 6) is 1.21. The lowest BCUT2D eigenvalue weighted by Crippen LogP contribution is -1.92. The minimum absolute atomic E-state index is 0.113. The fourth-order valence-electron chi connectivity index (χ4n) is 2.20. The third-order valence-corrected chi connectivity index (χ3v) is 3.82. The fraction of sp³-hybridized carbons (Fsp3) is 0.0588. The van der Waals surface area contributed by atoms with Gasteiger partial charge in [0.2, 0.25) is 0 Å². The monoisotopic (exact) mass is 318 g/mol. The predicted octanol–water partition coefficient (Wildman–Crippen LogP) is 5.43. The maximum absolute atomic E-state index is 9.40. The summed E-state index contributed by atoms with van der Waals surface area (Å²) in [6.07, 6.45) is 0. The van der Waals surface area contributed by atoms with E-state index in [2.05, 4.69) is 0 Å². The van der Waals surface area contributed by atoms with Crippen molar-refractivity contribution in [3.63, 3.8) is 0 Å². The highest BCUT2D eigenvalue weighted by molar-refractivity contribution is 6.35. The van der Waals surface area contributed by atoms with E-state index in [-0.39, 0.29) is 6.61 Å². The zero-order valence-corrected chi connectivity index (χ0v) is 12.5. The zero-order valence-electron chi connectivity index (χ0n) is 11.0. The van der Waals surface area contributed by atoms with Crippen molar-refractivity contribution in [2.24, 2.45) is 0 Å². The molecule has 2 nitrogen and oxygen atoms in total. The number of fused-ring (bicyclic) bond motifs is 1. The number of hydrogen-bond acceptors (Lipinski definition) is 2. The molecular formula is C17H12Cl2O2. The summed E-state index contributed by atoms with van der Waals surface area (Å²) >= 11 is 12.2. The van der Waals surface area contributed by atoms with Gasteiger partial charge in [-0.1, -0.05) is 53.5 Å². The van der Waals surface area contributed by atoms with Crippen molar-refractivity contribution in [1.29, 1.82) is 0 Å². The van der Waals surface area contributed by atoms with Crippen molar-refractivity contribution in [1.82, 2.24) is 0 Å². The van der Waals surface area contributed by atoms with E-state index in [0.29, 0.717) is 27.1 Å². The second kappa shape index (κ2) is 5.94. The molecule has 0 amide bonds. The van der Waals surface area contributed by atoms with Crippen LogP contribution in [0.25, 0.3) is 10.8 Å². The highest BCUT2D eigenvalue weighted by Crippen LogP contribution is 2.36. The van der Waals surface area contributed by atoms with Gasteiger partial charge in [-0.05, 0) is 24.3 Å². The van der Waals surface area contributed by atoms with Crippen LogP contribution >= 0.6 is 23.2 Å². The lowest BCUT2D eigenvalue weighted by molar-refractivity contribution is 0.276. The van der Waals surface area contributed by atoms with Gasteiger partial charge in [0.1, 0.15) is 11.5 Å². The summed E-state index contributed by atoms with van der Waals surface area (Å²) in [7, 11) is 0. The van der Waals surface area contributed by atoms with Gasteiger partial charge in [-0.25, -0.2) is 0 Å². The van der Waals surface area contributed by atoms with Gasteiger partial charge in [-0.2, -0.15) is 0 Å². The summed E-state index contributed by atoms with van der Waals surface area (Å²) in [5.41, 5.74) is 0.679. The molecule has 0 fully saturated rings. The van der Waals surface area contributed by atoms with E-state index in [0.717, 1.165) is 10.8 Å². The average Bonchev–Trinajstić information content (AvgIpc) is 2.51. The summed E-state index contributed by atoms with van der Waals surface area (Å²) in [4.78, 5) is 0. The Morgan fingerprint density at radius 2 is 1.62 bits per heavy atom. The molecule has 0 atom stereocenters. The molecule has 0 saturated heterocycles. The second-order valence-electron chi connectivity index (χ2n) is 4.60. The SMILES string of the molecule is OCc1ccc(Cl)cc1Oc1ccc(Cl)c2ccccc12. The molecule has 0 aliphatic rings. The first kappa shape index (κ1) is 14.2. The molecule has 1 N–H and O–H groups in total. The Morgan fingerprint density at radius 1 is 0.857 bits per heavy atom. The number of benzene rings is 3. The largest absolute Gasteiger partial charge is 0.456 e. The molecule has 106 valence electrons. The minimum atomic E-state index is -0.113. The molecule has 0 spiro atoms. The summed E-state index contributed by atoms with van der Waals surface area (Å²) in [5, 5.41) is 12.5. The Labute approximate surface area is 132 Å². The van der Waals surface area contributed by atoms with Crippen LogP contribution in [0.15, 0.2) is 54.6 Å². The van der Waals surface area contributed by atoms with Crippen LogP contribution in [0.5, 0.6) is 11.5 Å². The van der Waals surface area contributed by atoms with Crippen molar-refractivity contribution < 1.29 is 9.84 Å². The third-order valence-electron chi connectivity index (χ3n) is 3.25. The van der Waals surface area contributed by atoms with E-state index in [1.807, 2.05) is 30.3 Å². The smallest absolute Gasteiger partial charge is 0.135 e. The minimum Gasteiger partial charge on any atom is -0.456 e. The number of hydrogen-bond donors (Lipinski definition) is 1. The van der Waals surface area contributed by atoms with Gasteiger partial charge in [0.05, 0.1) is 6.61 Å². The predicted molar refractivity (Wildman–Crippen MR) is 86.4 cm³/mol. The first-order chi connectivity index (χ1) is 10.2. The molecule has 3 aromatic rings. The summed E-state index contributed by atoms with van der Waals surface area (Å²) in [6.45, 7) is -0.113. The number of aliphatic hydroxyl groups is 1. The van der Waals surface area contributed by atoms with Crippen LogP contribution < -0.4 is 4.74 Å². The molecule has 0 aliphatic carbocycles. The number of halogens is 2. The number of aliphatic hydroxyl groups excluding tert-OH is 1. The Kier molecular flexibility index (Phi) is 4.02. The van der Waals surface area contributed by atoms with E-state index in [9.17, 15) is 5.11 Å². The van der Waals surface area contributed by atoms with Crippen LogP contribution in [0.4, 0.5) is 0 Å². The van der Waals surface area contributed by atoms with Gasteiger partial charge >= 0.3 is 0 Å². The van der Waals surface area contributed by atoms with E-state index in [4.69, 9.17) is 27.9 Å². The molecule has 0 unspecified atom stereocenters. The third kappa shape index (κ3) is 2.84. The average molecular weight is 319 g/mol. The van der Waals surface area contributed by atoms with Crippen LogP contribution in [-0.4, -0.2) is 5.11 Å². The molecule has 21 heavy (non-hydrogen) atoms. The van der Waals surface area contributed by atoms with E-state index in [1.54, 1.807) is 24.3 Å². The first-order valence-electron chi connectivity index (χ1n) is 6.43. The van der Waals surface area contributed by atoms with Gasteiger partial charge in [0, 0.05) is 26.4 Å². The standard InChI is InChI=1S/C17H12Cl2O2/c18-12-6-5-11(10-20)17(9-12)21-16-8-7-15(19)13-3-1-2-4-14(13)16/h1-9,20H,10H2. The number of rotatable bonds is 3. The normalized spacial score (nSPS) is 10.8. The molecule has 0 aliphatic heterocycles. The van der Waals surface area contributed by atoms with Crippen molar-refractivity contribution in [2.75, 3.05) is 0 Å². The Bertz CT molecular complexity index is 800. The van der Waals surface area contributed by atoms with Gasteiger partial charge in [-0.3, -0.25) is 0 Å². The topological polar surface area (TPSA) is 29.5 Å². The molecule has 0 heterocycles. The number of ether oxygens (including phenoxy) is 1. The fourth-order valence-corrected chi connectivity index (χ4v) is 2.59. The molecule has 3 rings (SSSR count). The van der Waals surface area contributed by atoms with Crippen LogP contribution in [0.3, 0.4) is 0 Å². The highest BCUT2D eigenvalue weighted by Gasteiger charge is 2.09. The van der Waals surface area contributed by atoms with Gasteiger partial charge in [-0.15, -0.1) is 0 Å². The quantitative estimate of drug-likeness (QED) is 0.697. The molecule has 0 saturated carbocycles. The van der Waals surface area contributed by atoms with Crippen LogP contribution in [0.1, 0.15) is 5.56 Å². The molecule has 0 bridgehead atoms. The molecule has 0 aromatic heterocycles. The molecular weight excluding hydrogens is 307 g/mol. The van der Waals surface area contributed by atoms with Gasteiger partial charge in [0.15, 0.2) is 0 Å². The Hall–Kier alpha value is -1.74. The Balaban J connectivity index is 2.11. The van der Waals surface area contributed by atoms with Crippen LogP contribution in [0.2, 0.25) is 10.0 Å². The van der Waals surface area contributed by atoms with Crippen molar-refractivity contribution in [3.05, 3.63) is 70.2 Å². The highest BCUT2D eigenvalue weighted by atomic mass is 35.5. The lowest BCUT2D eigenvalue weighted by Gasteiger charge is -2.13. The molecule has 3 aromatic carbocycles. The zero-order chi connectivity index (χ0) is 14.8. The lowest BCUT2D eigenvalue weighted by atomic mass is 10.1. The van der Waals surface area contributed by atoms with Crippen molar-refractivity contribution in [3.8, 4) is 11.5 Å². The second-order valence-corrected chi connectivity index (χ2v) is 5.45. The van der Waals surface area contributed by atoms with Gasteiger partial charge < -0.3 is 9.84 Å².